The van der Waals surface area contributed by atoms with E-state index in [0.717, 1.165) is 48.0 Å². The Balaban J connectivity index is 1.67. The van der Waals surface area contributed by atoms with Crippen LogP contribution in [0.1, 0.15) is 50.5 Å². The van der Waals surface area contributed by atoms with Crippen LogP contribution in [0.3, 0.4) is 0 Å². The number of rotatable bonds is 5. The molecule has 0 fully saturated rings. The highest BCUT2D eigenvalue weighted by molar-refractivity contribution is 7.92. The van der Waals surface area contributed by atoms with E-state index >= 15 is 0 Å². The Morgan fingerprint density at radius 1 is 1.14 bits per heavy atom. The number of aryl methyl sites for hydroxylation is 2. The van der Waals surface area contributed by atoms with Gasteiger partial charge < -0.3 is 4.42 Å². The number of fused-ring (bicyclic) bond motifs is 3. The minimum Gasteiger partial charge on any atom is -0.461 e. The van der Waals surface area contributed by atoms with Crippen molar-refractivity contribution in [3.63, 3.8) is 0 Å². The van der Waals surface area contributed by atoms with Gasteiger partial charge in [-0.2, -0.15) is 0 Å². The highest BCUT2D eigenvalue weighted by atomic mass is 32.2. The van der Waals surface area contributed by atoms with E-state index in [2.05, 4.69) is 25.5 Å². The molecule has 154 valence electrons. The van der Waals surface area contributed by atoms with Crippen molar-refractivity contribution in [3.8, 4) is 0 Å². The Morgan fingerprint density at radius 3 is 2.55 bits per heavy atom. The van der Waals surface area contributed by atoms with E-state index in [-0.39, 0.29) is 10.3 Å². The monoisotopic (exact) mass is 411 g/mol. The fraction of sp³-hybridized carbons (Fsp3) is 0.417. The average Bonchev–Trinajstić information content (AvgIpc) is 3.05. The second kappa shape index (κ2) is 7.21. The van der Waals surface area contributed by atoms with Gasteiger partial charge in [-0.05, 0) is 61.4 Å². The average molecular weight is 412 g/mol. The molecule has 1 aliphatic rings. The third-order valence-corrected chi connectivity index (χ3v) is 8.04. The van der Waals surface area contributed by atoms with E-state index in [9.17, 15) is 8.42 Å². The maximum atomic E-state index is 12.8. The van der Waals surface area contributed by atoms with Crippen LogP contribution in [0.25, 0.3) is 11.0 Å². The van der Waals surface area contributed by atoms with Crippen molar-refractivity contribution < 1.29 is 12.8 Å². The van der Waals surface area contributed by atoms with Crippen LogP contribution in [0, 0.1) is 18.3 Å². The quantitative estimate of drug-likeness (QED) is 0.553. The largest absolute Gasteiger partial charge is 0.461 e. The van der Waals surface area contributed by atoms with Gasteiger partial charge in [-0.1, -0.05) is 44.9 Å². The van der Waals surface area contributed by atoms with Crippen molar-refractivity contribution in [2.24, 2.45) is 11.3 Å². The summed E-state index contributed by atoms with van der Waals surface area (Å²) in [7, 11) is -3.62. The summed E-state index contributed by atoms with van der Waals surface area (Å²) < 4.78 is 34.3. The third-order valence-electron chi connectivity index (χ3n) is 6.64. The summed E-state index contributed by atoms with van der Waals surface area (Å²) in [4.78, 5) is 0.266. The number of nitrogens with one attached hydrogen (secondary N) is 1. The fourth-order valence-electron chi connectivity index (χ4n) is 4.23. The first-order valence-electron chi connectivity index (χ1n) is 10.3. The van der Waals surface area contributed by atoms with Crippen LogP contribution in [0.2, 0.25) is 0 Å². The standard InChI is InChI=1S/C24H29NO3S/c1-5-24(3,4)17-8-12-22-20(14-17)21-15-18(9-13-23(21)28-22)25-29(26,27)19-10-6-16(2)7-11-19/h6-7,9-11,13,15,17,25H,5,8,12,14H2,1-4H3/t17-/m0/s1. The van der Waals surface area contributed by atoms with Crippen LogP contribution in [0.15, 0.2) is 51.8 Å². The number of benzene rings is 2. The van der Waals surface area contributed by atoms with Gasteiger partial charge in [0.1, 0.15) is 11.3 Å². The van der Waals surface area contributed by atoms with Gasteiger partial charge >= 0.3 is 0 Å². The first kappa shape index (κ1) is 20.0. The lowest BCUT2D eigenvalue weighted by atomic mass is 9.69. The van der Waals surface area contributed by atoms with E-state index in [0.29, 0.717) is 11.6 Å². The lowest BCUT2D eigenvalue weighted by Crippen LogP contribution is -2.28. The van der Waals surface area contributed by atoms with Gasteiger partial charge in [0.25, 0.3) is 10.0 Å². The summed E-state index contributed by atoms with van der Waals surface area (Å²) in [5, 5.41) is 1.03. The third kappa shape index (κ3) is 3.80. The molecule has 0 spiro atoms. The first-order chi connectivity index (χ1) is 13.7. The second-order valence-electron chi connectivity index (χ2n) is 8.92. The molecule has 0 radical (unpaired) electrons. The van der Waals surface area contributed by atoms with Crippen molar-refractivity contribution in [1.29, 1.82) is 0 Å². The van der Waals surface area contributed by atoms with E-state index in [4.69, 9.17) is 4.42 Å². The summed E-state index contributed by atoms with van der Waals surface area (Å²) >= 11 is 0. The van der Waals surface area contributed by atoms with Gasteiger partial charge in [-0.25, -0.2) is 8.42 Å². The molecule has 4 nitrogen and oxygen atoms in total. The van der Waals surface area contributed by atoms with Crippen LogP contribution >= 0.6 is 0 Å². The molecule has 3 aromatic rings. The molecule has 1 aromatic heterocycles. The van der Waals surface area contributed by atoms with Gasteiger partial charge in [0.15, 0.2) is 0 Å². The van der Waals surface area contributed by atoms with Crippen LogP contribution in [-0.4, -0.2) is 8.42 Å². The second-order valence-corrected chi connectivity index (χ2v) is 10.6. The Morgan fingerprint density at radius 2 is 1.86 bits per heavy atom. The molecule has 1 aliphatic carbocycles. The number of hydrogen-bond donors (Lipinski definition) is 1. The molecular formula is C24H29NO3S. The molecule has 1 atom stereocenters. The predicted molar refractivity (Wildman–Crippen MR) is 118 cm³/mol. The van der Waals surface area contributed by atoms with Crippen molar-refractivity contribution in [2.75, 3.05) is 4.72 Å². The summed E-state index contributed by atoms with van der Waals surface area (Å²) in [6.45, 7) is 8.87. The molecule has 0 aliphatic heterocycles. The van der Waals surface area contributed by atoms with E-state index in [1.165, 1.54) is 5.56 Å². The number of hydrogen-bond acceptors (Lipinski definition) is 3. The molecule has 0 unspecified atom stereocenters. The topological polar surface area (TPSA) is 59.3 Å². The lowest BCUT2D eigenvalue weighted by Gasteiger charge is -2.36. The SMILES string of the molecule is CCC(C)(C)[C@H]1CCc2oc3ccc(NS(=O)(=O)c4ccc(C)cc4)cc3c2C1. The summed E-state index contributed by atoms with van der Waals surface area (Å²) in [5.74, 6) is 1.66. The van der Waals surface area contributed by atoms with Crippen LogP contribution in [-0.2, 0) is 22.9 Å². The summed E-state index contributed by atoms with van der Waals surface area (Å²) in [6.07, 6.45) is 4.21. The van der Waals surface area contributed by atoms with Crippen molar-refractivity contribution in [2.45, 2.75) is 58.3 Å². The van der Waals surface area contributed by atoms with E-state index < -0.39 is 10.0 Å². The van der Waals surface area contributed by atoms with Gasteiger partial charge in [-0.3, -0.25) is 4.72 Å². The van der Waals surface area contributed by atoms with Crippen LogP contribution < -0.4 is 4.72 Å². The molecule has 0 amide bonds. The van der Waals surface area contributed by atoms with Crippen molar-refractivity contribution in [3.05, 3.63) is 59.4 Å². The smallest absolute Gasteiger partial charge is 0.261 e. The zero-order valence-corrected chi connectivity index (χ0v) is 18.4. The number of anilines is 1. The summed E-state index contributed by atoms with van der Waals surface area (Å²) in [6, 6.07) is 12.4. The molecule has 4 rings (SSSR count). The van der Waals surface area contributed by atoms with Gasteiger partial charge in [0, 0.05) is 23.1 Å². The minimum atomic E-state index is -3.62. The van der Waals surface area contributed by atoms with E-state index in [1.54, 1.807) is 30.3 Å². The molecular weight excluding hydrogens is 382 g/mol. The molecule has 2 aromatic carbocycles. The maximum absolute atomic E-state index is 12.8. The van der Waals surface area contributed by atoms with Gasteiger partial charge in [0.05, 0.1) is 4.90 Å². The predicted octanol–water partition coefficient (Wildman–Crippen LogP) is 6.08. The van der Waals surface area contributed by atoms with Crippen molar-refractivity contribution in [1.82, 2.24) is 0 Å². The van der Waals surface area contributed by atoms with E-state index in [1.807, 2.05) is 19.1 Å². The lowest BCUT2D eigenvalue weighted by molar-refractivity contribution is 0.179. The number of sulfonamides is 1. The zero-order chi connectivity index (χ0) is 20.8. The molecule has 0 saturated heterocycles. The first-order valence-corrected chi connectivity index (χ1v) is 11.8. The molecule has 0 saturated carbocycles. The Hall–Kier alpha value is -2.27. The van der Waals surface area contributed by atoms with Crippen LogP contribution in [0.4, 0.5) is 5.69 Å². The molecule has 5 heteroatoms. The summed E-state index contributed by atoms with van der Waals surface area (Å²) in [5.41, 5.74) is 3.96. The Kier molecular flexibility index (Phi) is 4.97. The normalized spacial score (nSPS) is 17.3. The zero-order valence-electron chi connectivity index (χ0n) is 17.6. The minimum absolute atomic E-state index is 0.266. The van der Waals surface area contributed by atoms with Crippen LogP contribution in [0.5, 0.6) is 0 Å². The molecule has 1 heterocycles. The van der Waals surface area contributed by atoms with Crippen molar-refractivity contribution >= 4 is 26.7 Å². The highest BCUT2D eigenvalue weighted by Gasteiger charge is 2.33. The fourth-order valence-corrected chi connectivity index (χ4v) is 5.28. The molecule has 1 N–H and O–H groups in total. The molecule has 29 heavy (non-hydrogen) atoms. The van der Waals surface area contributed by atoms with Gasteiger partial charge in [-0.15, -0.1) is 0 Å². The Bertz CT molecular complexity index is 1140. The van der Waals surface area contributed by atoms with Gasteiger partial charge in [0.2, 0.25) is 0 Å². The maximum Gasteiger partial charge on any atom is 0.261 e. The Labute approximate surface area is 173 Å². The molecule has 0 bridgehead atoms. The highest BCUT2D eigenvalue weighted by Crippen LogP contribution is 2.43. The number of furan rings is 1.